The average molecular weight is 236 g/mol. The summed E-state index contributed by atoms with van der Waals surface area (Å²) in [5, 5.41) is 5.65. The number of hydrogen-bond donors (Lipinski definition) is 3. The highest BCUT2D eigenvalue weighted by Crippen LogP contribution is 2.07. The minimum atomic E-state index is -0.365. The van der Waals surface area contributed by atoms with Crippen molar-refractivity contribution in [2.45, 2.75) is 13.3 Å². The normalized spacial score (nSPS) is 9.71. The van der Waals surface area contributed by atoms with Crippen LogP contribution in [-0.2, 0) is 4.79 Å². The molecule has 6 heteroatoms. The van der Waals surface area contributed by atoms with Crippen LogP contribution in [-0.4, -0.2) is 29.9 Å². The van der Waals surface area contributed by atoms with Gasteiger partial charge in [0.05, 0.1) is 0 Å². The van der Waals surface area contributed by atoms with Crippen LogP contribution in [0.25, 0.3) is 0 Å². The van der Waals surface area contributed by atoms with Gasteiger partial charge in [-0.25, -0.2) is 0 Å². The van der Waals surface area contributed by atoms with Crippen LogP contribution >= 0.6 is 0 Å². The van der Waals surface area contributed by atoms with Gasteiger partial charge in [0.15, 0.2) is 0 Å². The van der Waals surface area contributed by atoms with Gasteiger partial charge in [-0.1, -0.05) is 0 Å². The van der Waals surface area contributed by atoms with Crippen molar-refractivity contribution in [3.63, 3.8) is 0 Å². The Kier molecular flexibility index (Phi) is 4.93. The monoisotopic (exact) mass is 236 g/mol. The Balaban J connectivity index is 2.59. The average Bonchev–Trinajstić information content (AvgIpc) is 2.29. The molecule has 4 N–H and O–H groups in total. The summed E-state index contributed by atoms with van der Waals surface area (Å²) >= 11 is 0. The summed E-state index contributed by atoms with van der Waals surface area (Å²) in [6.07, 6.45) is 1.79. The third-order valence-corrected chi connectivity index (χ3v) is 2.03. The first-order valence-electron chi connectivity index (χ1n) is 5.40. The van der Waals surface area contributed by atoms with E-state index in [9.17, 15) is 9.59 Å². The number of primary amides is 1. The smallest absolute Gasteiger partial charge is 0.269 e. The number of nitrogens with zero attached hydrogens (tertiary/aromatic N) is 1. The van der Waals surface area contributed by atoms with E-state index in [1.807, 2.05) is 6.92 Å². The van der Waals surface area contributed by atoms with E-state index in [2.05, 4.69) is 15.6 Å². The van der Waals surface area contributed by atoms with Gasteiger partial charge in [-0.05, 0) is 19.1 Å². The predicted molar refractivity (Wildman–Crippen MR) is 64.5 cm³/mol. The van der Waals surface area contributed by atoms with Crippen LogP contribution < -0.4 is 16.4 Å². The summed E-state index contributed by atoms with van der Waals surface area (Å²) in [4.78, 5) is 26.0. The summed E-state index contributed by atoms with van der Waals surface area (Å²) in [5.41, 5.74) is 6.10. The molecule has 0 aromatic carbocycles. The molecule has 1 aromatic rings. The fourth-order valence-corrected chi connectivity index (χ4v) is 1.25. The first kappa shape index (κ1) is 13.0. The molecular weight excluding hydrogens is 220 g/mol. The number of nitrogens with two attached hydrogens (primary N) is 1. The molecule has 0 aliphatic heterocycles. The topological polar surface area (TPSA) is 97.1 Å². The summed E-state index contributed by atoms with van der Waals surface area (Å²) in [6.45, 7) is 2.83. The summed E-state index contributed by atoms with van der Waals surface area (Å²) in [5.74, 6) is -0.582. The largest absolute Gasteiger partial charge is 0.384 e. The van der Waals surface area contributed by atoms with Crippen LogP contribution in [0.1, 0.15) is 23.8 Å². The second-order valence-corrected chi connectivity index (χ2v) is 3.43. The van der Waals surface area contributed by atoms with Crippen molar-refractivity contribution >= 4 is 17.5 Å². The molecule has 1 rings (SSSR count). The summed E-state index contributed by atoms with van der Waals surface area (Å²) in [7, 11) is 0. The van der Waals surface area contributed by atoms with Gasteiger partial charge in [0, 0.05) is 31.4 Å². The van der Waals surface area contributed by atoms with E-state index in [0.29, 0.717) is 18.8 Å². The number of carbonyl (C=O) groups excluding carboxylic acids is 2. The van der Waals surface area contributed by atoms with E-state index in [4.69, 9.17) is 5.73 Å². The molecule has 1 heterocycles. The van der Waals surface area contributed by atoms with Gasteiger partial charge in [0.2, 0.25) is 5.91 Å². The van der Waals surface area contributed by atoms with E-state index in [1.165, 1.54) is 6.20 Å². The highest BCUT2D eigenvalue weighted by atomic mass is 16.2. The molecule has 2 amide bonds. The zero-order valence-corrected chi connectivity index (χ0v) is 9.69. The third-order valence-electron chi connectivity index (χ3n) is 2.03. The predicted octanol–water partition coefficient (Wildman–Crippen LogP) is 0.119. The van der Waals surface area contributed by atoms with Crippen LogP contribution in [0.3, 0.4) is 0 Å². The molecule has 0 fully saturated rings. The fraction of sp³-hybridized carbons (Fsp3) is 0.364. The van der Waals surface area contributed by atoms with Gasteiger partial charge >= 0.3 is 0 Å². The van der Waals surface area contributed by atoms with Crippen molar-refractivity contribution in [3.8, 4) is 0 Å². The van der Waals surface area contributed by atoms with Crippen molar-refractivity contribution in [3.05, 3.63) is 24.0 Å². The second-order valence-electron chi connectivity index (χ2n) is 3.43. The molecule has 17 heavy (non-hydrogen) atoms. The highest BCUT2D eigenvalue weighted by Gasteiger charge is 2.06. The SMILES string of the molecule is CCNC(=O)c1cc(NCCC(N)=O)ccn1. The number of anilines is 1. The lowest BCUT2D eigenvalue weighted by Gasteiger charge is -2.06. The Labute approximate surface area is 99.6 Å². The first-order chi connectivity index (χ1) is 8.13. The van der Waals surface area contributed by atoms with Crippen molar-refractivity contribution in [2.24, 2.45) is 5.73 Å². The molecule has 6 nitrogen and oxygen atoms in total. The molecule has 0 aliphatic carbocycles. The van der Waals surface area contributed by atoms with Crippen molar-refractivity contribution < 1.29 is 9.59 Å². The van der Waals surface area contributed by atoms with Crippen molar-refractivity contribution in [1.82, 2.24) is 10.3 Å². The van der Waals surface area contributed by atoms with E-state index in [-0.39, 0.29) is 18.2 Å². The Morgan fingerprint density at radius 1 is 1.47 bits per heavy atom. The van der Waals surface area contributed by atoms with Crippen molar-refractivity contribution in [1.29, 1.82) is 0 Å². The number of hydrogen-bond acceptors (Lipinski definition) is 4. The maximum absolute atomic E-state index is 11.5. The molecular formula is C11H16N4O2. The van der Waals surface area contributed by atoms with Crippen molar-refractivity contribution in [2.75, 3.05) is 18.4 Å². The third kappa shape index (κ3) is 4.50. The van der Waals surface area contributed by atoms with Gasteiger partial charge in [-0.2, -0.15) is 0 Å². The van der Waals surface area contributed by atoms with E-state index >= 15 is 0 Å². The van der Waals surface area contributed by atoms with Crippen LogP contribution in [0, 0.1) is 0 Å². The Bertz CT molecular complexity index is 406. The molecule has 1 aromatic heterocycles. The first-order valence-corrected chi connectivity index (χ1v) is 5.40. The molecule has 0 aliphatic rings. The van der Waals surface area contributed by atoms with Crippen LogP contribution in [0.4, 0.5) is 5.69 Å². The quantitative estimate of drug-likeness (QED) is 0.653. The van der Waals surface area contributed by atoms with Gasteiger partial charge in [0.1, 0.15) is 5.69 Å². The highest BCUT2D eigenvalue weighted by molar-refractivity contribution is 5.93. The molecule has 92 valence electrons. The molecule has 0 saturated heterocycles. The van der Waals surface area contributed by atoms with Gasteiger partial charge in [-0.15, -0.1) is 0 Å². The summed E-state index contributed by atoms with van der Waals surface area (Å²) in [6, 6.07) is 3.36. The zero-order chi connectivity index (χ0) is 12.7. The van der Waals surface area contributed by atoms with Gasteiger partial charge in [0.25, 0.3) is 5.91 Å². The number of carbonyl (C=O) groups is 2. The molecule has 0 atom stereocenters. The number of rotatable bonds is 6. The number of amides is 2. The minimum Gasteiger partial charge on any atom is -0.384 e. The van der Waals surface area contributed by atoms with Gasteiger partial charge in [-0.3, -0.25) is 14.6 Å². The Morgan fingerprint density at radius 3 is 2.88 bits per heavy atom. The standard InChI is InChI=1S/C11H16N4O2/c1-2-13-11(17)9-7-8(3-5-15-9)14-6-4-10(12)16/h3,5,7H,2,4,6H2,1H3,(H2,12,16)(H,13,17)(H,14,15). The van der Waals surface area contributed by atoms with Crippen LogP contribution in [0.5, 0.6) is 0 Å². The summed E-state index contributed by atoms with van der Waals surface area (Å²) < 4.78 is 0. The lowest BCUT2D eigenvalue weighted by molar-refractivity contribution is -0.117. The molecule has 0 bridgehead atoms. The fourth-order valence-electron chi connectivity index (χ4n) is 1.25. The number of aromatic nitrogens is 1. The van der Waals surface area contributed by atoms with E-state index in [0.717, 1.165) is 5.69 Å². The van der Waals surface area contributed by atoms with Crippen LogP contribution in [0.2, 0.25) is 0 Å². The van der Waals surface area contributed by atoms with E-state index < -0.39 is 0 Å². The second kappa shape index (κ2) is 6.47. The lowest BCUT2D eigenvalue weighted by Crippen LogP contribution is -2.23. The maximum Gasteiger partial charge on any atom is 0.269 e. The Hall–Kier alpha value is -2.11. The molecule has 0 unspecified atom stereocenters. The minimum absolute atomic E-state index is 0.217. The molecule has 0 spiro atoms. The molecule has 0 radical (unpaired) electrons. The van der Waals surface area contributed by atoms with Crippen LogP contribution in [0.15, 0.2) is 18.3 Å². The lowest BCUT2D eigenvalue weighted by atomic mass is 10.3. The zero-order valence-electron chi connectivity index (χ0n) is 9.69. The number of pyridine rings is 1. The van der Waals surface area contributed by atoms with E-state index in [1.54, 1.807) is 12.1 Å². The number of nitrogens with one attached hydrogen (secondary N) is 2. The maximum atomic E-state index is 11.5. The molecule has 0 saturated carbocycles. The van der Waals surface area contributed by atoms with Gasteiger partial charge < -0.3 is 16.4 Å². The Morgan fingerprint density at radius 2 is 2.24 bits per heavy atom.